The Labute approximate surface area is 117 Å². The minimum atomic E-state index is 0.578. The minimum Gasteiger partial charge on any atom is -0.328 e. The topological polar surface area (TPSA) is 90.9 Å². The predicted octanol–water partition coefficient (Wildman–Crippen LogP) is 2.02. The molecular weight excluding hydrogens is 252 g/mol. The van der Waals surface area contributed by atoms with Gasteiger partial charge in [0.2, 0.25) is 0 Å². The third-order valence-electron chi connectivity index (χ3n) is 3.07. The first-order valence-corrected chi connectivity index (χ1v) is 6.13. The summed E-state index contributed by atoms with van der Waals surface area (Å²) in [6, 6.07) is 9.56. The summed E-state index contributed by atoms with van der Waals surface area (Å²) in [5.74, 6) is 7.38. The van der Waals surface area contributed by atoms with Gasteiger partial charge in [-0.2, -0.15) is 5.26 Å². The highest BCUT2D eigenvalue weighted by atomic mass is 15.3. The molecule has 1 aromatic carbocycles. The first kappa shape index (κ1) is 13.8. The number of nitriles is 1. The van der Waals surface area contributed by atoms with E-state index in [0.717, 1.165) is 11.3 Å². The number of anilines is 3. The molecule has 2 aromatic rings. The Morgan fingerprint density at radius 1 is 1.25 bits per heavy atom. The number of nitrogens with one attached hydrogen (secondary N) is 1. The third-order valence-corrected chi connectivity index (χ3v) is 3.07. The number of hydrogen-bond donors (Lipinski definition) is 2. The van der Waals surface area contributed by atoms with Gasteiger partial charge >= 0.3 is 0 Å². The number of aromatic nitrogens is 2. The Bertz CT molecular complexity index is 674. The first-order valence-electron chi connectivity index (χ1n) is 6.13. The van der Waals surface area contributed by atoms with Crippen LogP contribution in [0.25, 0.3) is 0 Å². The second-order valence-electron chi connectivity index (χ2n) is 4.40. The van der Waals surface area contributed by atoms with Crippen molar-refractivity contribution in [2.45, 2.75) is 13.8 Å². The van der Waals surface area contributed by atoms with Gasteiger partial charge in [-0.05, 0) is 26.0 Å². The zero-order valence-corrected chi connectivity index (χ0v) is 11.7. The fraction of sp³-hybridized carbons (Fsp3) is 0.214. The highest BCUT2D eigenvalue weighted by molar-refractivity contribution is 5.70. The number of nitrogens with zero attached hydrogens (tertiary/aromatic N) is 4. The van der Waals surface area contributed by atoms with Crippen molar-refractivity contribution < 1.29 is 0 Å². The van der Waals surface area contributed by atoms with Crippen LogP contribution in [0.5, 0.6) is 0 Å². The number of hydrogen-bond acceptors (Lipinski definition) is 6. The van der Waals surface area contributed by atoms with Crippen molar-refractivity contribution in [1.82, 2.24) is 9.97 Å². The number of rotatable bonds is 3. The molecule has 0 amide bonds. The average Bonchev–Trinajstić information content (AvgIpc) is 2.48. The molecule has 0 bridgehead atoms. The van der Waals surface area contributed by atoms with Crippen LogP contribution in [0.1, 0.15) is 17.0 Å². The van der Waals surface area contributed by atoms with E-state index >= 15 is 0 Å². The quantitative estimate of drug-likeness (QED) is 0.653. The molecule has 0 radical (unpaired) electrons. The molecule has 0 atom stereocenters. The number of benzene rings is 1. The maximum Gasteiger partial charge on any atom is 0.148 e. The smallest absolute Gasteiger partial charge is 0.148 e. The van der Waals surface area contributed by atoms with Crippen LogP contribution in [0.3, 0.4) is 0 Å². The van der Waals surface area contributed by atoms with Crippen molar-refractivity contribution in [2.24, 2.45) is 5.84 Å². The van der Waals surface area contributed by atoms with Gasteiger partial charge in [-0.1, -0.05) is 12.1 Å². The van der Waals surface area contributed by atoms with Crippen LogP contribution < -0.4 is 16.2 Å². The maximum atomic E-state index is 9.20. The van der Waals surface area contributed by atoms with Gasteiger partial charge in [-0.25, -0.2) is 15.8 Å². The lowest BCUT2D eigenvalue weighted by molar-refractivity contribution is 0.986. The van der Waals surface area contributed by atoms with Crippen LogP contribution in [0.15, 0.2) is 24.3 Å². The number of nitrogen functional groups attached to an aromatic ring is 1. The minimum absolute atomic E-state index is 0.578. The summed E-state index contributed by atoms with van der Waals surface area (Å²) < 4.78 is 0. The van der Waals surface area contributed by atoms with Crippen LogP contribution in [0.4, 0.5) is 17.3 Å². The number of nitrogens with two attached hydrogens (primary N) is 1. The summed E-state index contributed by atoms with van der Waals surface area (Å²) >= 11 is 0. The Morgan fingerprint density at radius 2 is 1.95 bits per heavy atom. The normalized spacial score (nSPS) is 9.95. The molecule has 1 aromatic heterocycles. The zero-order valence-electron chi connectivity index (χ0n) is 11.7. The van der Waals surface area contributed by atoms with E-state index in [-0.39, 0.29) is 0 Å². The van der Waals surface area contributed by atoms with Gasteiger partial charge in [-0.3, -0.25) is 0 Å². The van der Waals surface area contributed by atoms with Gasteiger partial charge in [0.05, 0.1) is 11.3 Å². The van der Waals surface area contributed by atoms with Gasteiger partial charge < -0.3 is 10.3 Å². The molecule has 0 saturated heterocycles. The van der Waals surface area contributed by atoms with E-state index in [2.05, 4.69) is 21.5 Å². The molecule has 20 heavy (non-hydrogen) atoms. The summed E-state index contributed by atoms with van der Waals surface area (Å²) in [7, 11) is 1.87. The zero-order chi connectivity index (χ0) is 14.7. The van der Waals surface area contributed by atoms with Crippen molar-refractivity contribution in [3.8, 4) is 6.07 Å². The van der Waals surface area contributed by atoms with E-state index in [4.69, 9.17) is 5.84 Å². The number of para-hydroxylation sites is 1. The van der Waals surface area contributed by atoms with Crippen LogP contribution in [-0.2, 0) is 0 Å². The maximum absolute atomic E-state index is 9.20. The fourth-order valence-electron chi connectivity index (χ4n) is 2.06. The molecule has 0 aliphatic rings. The molecule has 0 saturated carbocycles. The van der Waals surface area contributed by atoms with Gasteiger partial charge in [-0.15, -0.1) is 0 Å². The van der Waals surface area contributed by atoms with Gasteiger partial charge in [0, 0.05) is 12.6 Å². The molecule has 0 unspecified atom stereocenters. The van der Waals surface area contributed by atoms with Gasteiger partial charge in [0.15, 0.2) is 0 Å². The van der Waals surface area contributed by atoms with Gasteiger partial charge in [0.1, 0.15) is 23.5 Å². The number of aryl methyl sites for hydroxylation is 1. The standard InChI is InChI=1S/C14H16N6/c1-9-13(19-16)17-10(2)18-14(9)20(3)12-7-5-4-6-11(12)8-15/h4-7H,16H2,1-3H3,(H,17,18,19). The van der Waals surface area contributed by atoms with Crippen molar-refractivity contribution in [2.75, 3.05) is 17.4 Å². The summed E-state index contributed by atoms with van der Waals surface area (Å²) in [6.45, 7) is 3.68. The monoisotopic (exact) mass is 268 g/mol. The largest absolute Gasteiger partial charge is 0.328 e. The van der Waals surface area contributed by atoms with Crippen molar-refractivity contribution >= 4 is 17.3 Å². The molecule has 6 heteroatoms. The molecule has 0 aliphatic heterocycles. The van der Waals surface area contributed by atoms with E-state index < -0.39 is 0 Å². The summed E-state index contributed by atoms with van der Waals surface area (Å²) in [5, 5.41) is 9.20. The SMILES string of the molecule is Cc1nc(NN)c(C)c(N(C)c2ccccc2C#N)n1. The highest BCUT2D eigenvalue weighted by Gasteiger charge is 2.15. The van der Waals surface area contributed by atoms with Crippen molar-refractivity contribution in [3.05, 3.63) is 41.2 Å². The molecule has 0 spiro atoms. The average molecular weight is 268 g/mol. The molecular formula is C14H16N6. The molecule has 6 nitrogen and oxygen atoms in total. The van der Waals surface area contributed by atoms with Crippen LogP contribution in [0.2, 0.25) is 0 Å². The highest BCUT2D eigenvalue weighted by Crippen LogP contribution is 2.29. The van der Waals surface area contributed by atoms with Crippen LogP contribution in [0, 0.1) is 25.2 Å². The number of hydrazine groups is 1. The lowest BCUT2D eigenvalue weighted by Crippen LogP contribution is -2.18. The van der Waals surface area contributed by atoms with Crippen molar-refractivity contribution in [1.29, 1.82) is 5.26 Å². The summed E-state index contributed by atoms with van der Waals surface area (Å²) in [5.41, 5.74) is 4.78. The van der Waals surface area contributed by atoms with Gasteiger partial charge in [0.25, 0.3) is 0 Å². The Hall–Kier alpha value is -2.65. The second kappa shape index (κ2) is 5.55. The molecule has 0 aliphatic carbocycles. The van der Waals surface area contributed by atoms with E-state index in [0.29, 0.717) is 23.0 Å². The Morgan fingerprint density at radius 3 is 2.60 bits per heavy atom. The second-order valence-corrected chi connectivity index (χ2v) is 4.40. The summed E-state index contributed by atoms with van der Waals surface area (Å²) in [6.07, 6.45) is 0. The van der Waals surface area contributed by atoms with E-state index in [1.165, 1.54) is 0 Å². The van der Waals surface area contributed by atoms with E-state index in [9.17, 15) is 5.26 Å². The van der Waals surface area contributed by atoms with E-state index in [1.807, 2.05) is 37.1 Å². The summed E-state index contributed by atoms with van der Waals surface area (Å²) in [4.78, 5) is 10.5. The van der Waals surface area contributed by atoms with Crippen LogP contribution >= 0.6 is 0 Å². The van der Waals surface area contributed by atoms with E-state index in [1.54, 1.807) is 13.0 Å². The lowest BCUT2D eigenvalue weighted by Gasteiger charge is -2.22. The predicted molar refractivity (Wildman–Crippen MR) is 78.5 cm³/mol. The molecule has 2 rings (SSSR count). The van der Waals surface area contributed by atoms with Crippen LogP contribution in [-0.4, -0.2) is 17.0 Å². The van der Waals surface area contributed by atoms with Crippen molar-refractivity contribution in [3.63, 3.8) is 0 Å². The molecule has 1 heterocycles. The fourth-order valence-corrected chi connectivity index (χ4v) is 2.06. The third kappa shape index (κ3) is 2.39. The Balaban J connectivity index is 2.57. The lowest BCUT2D eigenvalue weighted by atomic mass is 10.1. The Kier molecular flexibility index (Phi) is 3.82. The first-order chi connectivity index (χ1) is 9.58. The molecule has 3 N–H and O–H groups in total. The molecule has 0 fully saturated rings. The molecule has 102 valence electrons.